The van der Waals surface area contributed by atoms with E-state index in [1.807, 2.05) is 6.07 Å². The number of hydrogen-bond donors (Lipinski definition) is 3. The van der Waals surface area contributed by atoms with Crippen LogP contribution in [-0.4, -0.2) is 24.0 Å². The molecular formula is C16H17ClN2O3. The van der Waals surface area contributed by atoms with Crippen LogP contribution >= 0.6 is 12.4 Å². The fourth-order valence-corrected chi connectivity index (χ4v) is 1.99. The lowest BCUT2D eigenvalue weighted by Gasteiger charge is -2.16. The van der Waals surface area contributed by atoms with E-state index < -0.39 is 12.0 Å². The molecule has 1 amide bonds. The van der Waals surface area contributed by atoms with Crippen molar-refractivity contribution in [2.45, 2.75) is 6.04 Å². The van der Waals surface area contributed by atoms with E-state index in [-0.39, 0.29) is 18.3 Å². The van der Waals surface area contributed by atoms with Crippen molar-refractivity contribution >= 4 is 30.0 Å². The van der Waals surface area contributed by atoms with Gasteiger partial charge in [0.05, 0.1) is 0 Å². The zero-order valence-electron chi connectivity index (χ0n) is 11.9. The van der Waals surface area contributed by atoms with E-state index in [4.69, 9.17) is 0 Å². The molecule has 5 nitrogen and oxygen atoms in total. The molecule has 116 valence electrons. The van der Waals surface area contributed by atoms with Crippen molar-refractivity contribution in [3.63, 3.8) is 0 Å². The Bertz CT molecular complexity index is 647. The summed E-state index contributed by atoms with van der Waals surface area (Å²) in [5, 5.41) is 14.8. The fraction of sp³-hybridized carbons (Fsp3) is 0.125. The Hall–Kier alpha value is -2.53. The van der Waals surface area contributed by atoms with Crippen LogP contribution < -0.4 is 10.6 Å². The second kappa shape index (κ2) is 8.05. The fourth-order valence-electron chi connectivity index (χ4n) is 1.99. The van der Waals surface area contributed by atoms with Gasteiger partial charge in [0, 0.05) is 18.3 Å². The monoisotopic (exact) mass is 320 g/mol. The predicted octanol–water partition coefficient (Wildman–Crippen LogP) is 2.71. The van der Waals surface area contributed by atoms with Crippen LogP contribution in [0, 0.1) is 0 Å². The van der Waals surface area contributed by atoms with E-state index >= 15 is 0 Å². The molecule has 0 spiro atoms. The largest absolute Gasteiger partial charge is 0.479 e. The third-order valence-corrected chi connectivity index (χ3v) is 3.04. The number of carboxylic acid groups (broad SMARTS) is 1. The number of nitrogens with one attached hydrogen (secondary N) is 2. The van der Waals surface area contributed by atoms with E-state index in [0.29, 0.717) is 16.8 Å². The van der Waals surface area contributed by atoms with E-state index in [1.54, 1.807) is 55.6 Å². The molecule has 22 heavy (non-hydrogen) atoms. The van der Waals surface area contributed by atoms with Gasteiger partial charge in [-0.3, -0.25) is 4.79 Å². The van der Waals surface area contributed by atoms with Gasteiger partial charge in [-0.1, -0.05) is 36.4 Å². The smallest absolute Gasteiger partial charge is 0.330 e. The maximum absolute atomic E-state index is 11.6. The first-order valence-corrected chi connectivity index (χ1v) is 6.48. The highest BCUT2D eigenvalue weighted by molar-refractivity contribution is 5.95. The molecule has 3 N–H and O–H groups in total. The summed E-state index contributed by atoms with van der Waals surface area (Å²) in [5.74, 6) is -1.20. The number of amides is 1. The molecule has 0 aliphatic heterocycles. The third kappa shape index (κ3) is 4.23. The Morgan fingerprint density at radius 3 is 2.32 bits per heavy atom. The van der Waals surface area contributed by atoms with E-state index in [1.165, 1.54) is 0 Å². The number of aliphatic carboxylic acids is 1. The average molecular weight is 321 g/mol. The maximum Gasteiger partial charge on any atom is 0.330 e. The minimum absolute atomic E-state index is 0. The Balaban J connectivity index is 0.00000242. The summed E-state index contributed by atoms with van der Waals surface area (Å²) in [4.78, 5) is 23.0. The van der Waals surface area contributed by atoms with Crippen LogP contribution in [0.25, 0.3) is 0 Å². The molecule has 0 fully saturated rings. The van der Waals surface area contributed by atoms with Crippen molar-refractivity contribution in [3.8, 4) is 0 Å². The number of anilines is 1. The Morgan fingerprint density at radius 2 is 1.73 bits per heavy atom. The molecule has 2 aromatic rings. The van der Waals surface area contributed by atoms with Gasteiger partial charge in [-0.15, -0.1) is 12.4 Å². The van der Waals surface area contributed by atoms with Crippen LogP contribution in [0.4, 0.5) is 5.69 Å². The molecular weight excluding hydrogens is 304 g/mol. The number of halogens is 1. The van der Waals surface area contributed by atoms with E-state index in [2.05, 4.69) is 10.6 Å². The first kappa shape index (κ1) is 17.5. The lowest BCUT2D eigenvalue weighted by atomic mass is 10.1. The summed E-state index contributed by atoms with van der Waals surface area (Å²) >= 11 is 0. The second-order valence-corrected chi connectivity index (χ2v) is 4.49. The summed E-state index contributed by atoms with van der Waals surface area (Å²) in [6.07, 6.45) is 0. The Kier molecular flexibility index (Phi) is 6.41. The van der Waals surface area contributed by atoms with Crippen molar-refractivity contribution in [2.24, 2.45) is 0 Å². The summed E-state index contributed by atoms with van der Waals surface area (Å²) in [6, 6.07) is 14.7. The van der Waals surface area contributed by atoms with Crippen LogP contribution in [0.15, 0.2) is 54.6 Å². The van der Waals surface area contributed by atoms with E-state index in [9.17, 15) is 14.7 Å². The topological polar surface area (TPSA) is 78.4 Å². The molecule has 0 heterocycles. The van der Waals surface area contributed by atoms with Gasteiger partial charge >= 0.3 is 5.97 Å². The molecule has 0 saturated heterocycles. The molecule has 2 aromatic carbocycles. The molecule has 6 heteroatoms. The average Bonchev–Trinajstić information content (AvgIpc) is 2.52. The van der Waals surface area contributed by atoms with Gasteiger partial charge in [-0.25, -0.2) is 4.79 Å². The zero-order chi connectivity index (χ0) is 15.2. The van der Waals surface area contributed by atoms with Gasteiger partial charge in [-0.05, 0) is 23.8 Å². The van der Waals surface area contributed by atoms with Gasteiger partial charge in [0.25, 0.3) is 5.91 Å². The lowest BCUT2D eigenvalue weighted by molar-refractivity contribution is -0.138. The maximum atomic E-state index is 11.6. The van der Waals surface area contributed by atoms with Gasteiger partial charge in [-0.2, -0.15) is 0 Å². The molecule has 1 unspecified atom stereocenters. The summed E-state index contributed by atoms with van der Waals surface area (Å²) < 4.78 is 0. The minimum atomic E-state index is -0.980. The lowest BCUT2D eigenvalue weighted by Crippen LogP contribution is -2.21. The standard InChI is InChI=1S/C16H16N2O3.ClH/c1-17-15(19)12-8-5-9-13(10-12)18-14(16(20)21)11-6-3-2-4-7-11;/h2-10,14,18H,1H3,(H,17,19)(H,20,21);1H. The third-order valence-electron chi connectivity index (χ3n) is 3.04. The quantitative estimate of drug-likeness (QED) is 0.791. The van der Waals surface area contributed by atoms with Crippen LogP contribution in [0.2, 0.25) is 0 Å². The predicted molar refractivity (Wildman–Crippen MR) is 87.5 cm³/mol. The van der Waals surface area contributed by atoms with Crippen LogP contribution in [0.5, 0.6) is 0 Å². The highest BCUT2D eigenvalue weighted by Gasteiger charge is 2.19. The van der Waals surface area contributed by atoms with Crippen LogP contribution in [-0.2, 0) is 4.79 Å². The van der Waals surface area contributed by atoms with Gasteiger partial charge in [0.1, 0.15) is 0 Å². The number of carbonyl (C=O) groups excluding carboxylic acids is 1. The number of hydrogen-bond acceptors (Lipinski definition) is 3. The second-order valence-electron chi connectivity index (χ2n) is 4.49. The summed E-state index contributed by atoms with van der Waals surface area (Å²) in [7, 11) is 1.55. The molecule has 0 bridgehead atoms. The first-order chi connectivity index (χ1) is 10.1. The Morgan fingerprint density at radius 1 is 1.05 bits per heavy atom. The van der Waals surface area contributed by atoms with Gasteiger partial charge in [0.2, 0.25) is 0 Å². The number of rotatable bonds is 5. The number of carbonyl (C=O) groups is 2. The number of benzene rings is 2. The molecule has 2 rings (SSSR count). The summed E-state index contributed by atoms with van der Waals surface area (Å²) in [5.41, 5.74) is 1.70. The highest BCUT2D eigenvalue weighted by atomic mass is 35.5. The van der Waals surface area contributed by atoms with Crippen LogP contribution in [0.1, 0.15) is 22.0 Å². The van der Waals surface area contributed by atoms with Crippen molar-refractivity contribution < 1.29 is 14.7 Å². The van der Waals surface area contributed by atoms with Crippen molar-refractivity contribution in [2.75, 3.05) is 12.4 Å². The van der Waals surface area contributed by atoms with Crippen LogP contribution in [0.3, 0.4) is 0 Å². The zero-order valence-corrected chi connectivity index (χ0v) is 12.8. The van der Waals surface area contributed by atoms with Gasteiger partial charge in [0.15, 0.2) is 6.04 Å². The SMILES string of the molecule is CNC(=O)c1cccc(NC(C(=O)O)c2ccccc2)c1.Cl. The highest BCUT2D eigenvalue weighted by Crippen LogP contribution is 2.20. The molecule has 0 aromatic heterocycles. The van der Waals surface area contributed by atoms with Crippen molar-refractivity contribution in [1.82, 2.24) is 5.32 Å². The normalized spacial score (nSPS) is 11.0. The molecule has 0 radical (unpaired) electrons. The first-order valence-electron chi connectivity index (χ1n) is 6.48. The van der Waals surface area contributed by atoms with Crippen molar-refractivity contribution in [1.29, 1.82) is 0 Å². The van der Waals surface area contributed by atoms with Gasteiger partial charge < -0.3 is 15.7 Å². The molecule has 0 aliphatic rings. The van der Waals surface area contributed by atoms with E-state index in [0.717, 1.165) is 0 Å². The molecule has 0 saturated carbocycles. The number of carboxylic acids is 1. The Labute approximate surface area is 134 Å². The van der Waals surface area contributed by atoms with Crippen molar-refractivity contribution in [3.05, 3.63) is 65.7 Å². The molecule has 1 atom stereocenters. The minimum Gasteiger partial charge on any atom is -0.479 e. The molecule has 0 aliphatic carbocycles. The summed E-state index contributed by atoms with van der Waals surface area (Å²) in [6.45, 7) is 0.